The Morgan fingerprint density at radius 2 is 1.72 bits per heavy atom. The molecule has 0 atom stereocenters. The number of carbonyl (C=O) groups excluding carboxylic acids is 2. The molecule has 0 heterocycles. The van der Waals surface area contributed by atoms with E-state index in [9.17, 15) is 9.59 Å². The van der Waals surface area contributed by atoms with Gasteiger partial charge in [-0.05, 0) is 57.4 Å². The molecule has 0 radical (unpaired) electrons. The normalized spacial score (nSPS) is 10.6. The third kappa shape index (κ3) is 4.95. The van der Waals surface area contributed by atoms with Crippen LogP contribution in [0.4, 0.5) is 11.4 Å². The van der Waals surface area contributed by atoms with E-state index in [1.807, 2.05) is 37.3 Å². The second kappa shape index (κ2) is 9.56. The highest BCUT2D eigenvalue weighted by molar-refractivity contribution is 9.10. The van der Waals surface area contributed by atoms with E-state index in [2.05, 4.69) is 26.6 Å². The minimum atomic E-state index is -0.289. The molecule has 0 saturated carbocycles. The SMILES string of the molecule is CCCCC(=O)Nc1cccc(NC(=O)c2cc3ccccc3c(Br)c2OC)c1. The van der Waals surface area contributed by atoms with Gasteiger partial charge in [0, 0.05) is 17.8 Å². The smallest absolute Gasteiger partial charge is 0.259 e. The maximum atomic E-state index is 13.0. The summed E-state index contributed by atoms with van der Waals surface area (Å²) in [6.45, 7) is 2.04. The number of hydrogen-bond donors (Lipinski definition) is 2. The van der Waals surface area contributed by atoms with Crippen LogP contribution in [0.3, 0.4) is 0 Å². The molecule has 29 heavy (non-hydrogen) atoms. The Hall–Kier alpha value is -2.86. The zero-order valence-corrected chi connectivity index (χ0v) is 18.0. The average Bonchev–Trinajstić information content (AvgIpc) is 2.72. The summed E-state index contributed by atoms with van der Waals surface area (Å²) < 4.78 is 6.23. The predicted octanol–water partition coefficient (Wildman–Crippen LogP) is 5.99. The molecule has 0 aliphatic carbocycles. The summed E-state index contributed by atoms with van der Waals surface area (Å²) in [6, 6.07) is 16.7. The molecular formula is C23H23BrN2O3. The average molecular weight is 455 g/mol. The number of carbonyl (C=O) groups is 2. The van der Waals surface area contributed by atoms with Crippen molar-refractivity contribution in [3.63, 3.8) is 0 Å². The highest BCUT2D eigenvalue weighted by Crippen LogP contribution is 2.37. The van der Waals surface area contributed by atoms with E-state index in [-0.39, 0.29) is 11.8 Å². The zero-order chi connectivity index (χ0) is 20.8. The van der Waals surface area contributed by atoms with Gasteiger partial charge in [0.2, 0.25) is 5.91 Å². The van der Waals surface area contributed by atoms with Gasteiger partial charge < -0.3 is 15.4 Å². The third-order valence-corrected chi connectivity index (χ3v) is 5.34. The third-order valence-electron chi connectivity index (χ3n) is 4.55. The molecule has 0 aliphatic heterocycles. The largest absolute Gasteiger partial charge is 0.495 e. The summed E-state index contributed by atoms with van der Waals surface area (Å²) in [6.07, 6.45) is 2.29. The minimum Gasteiger partial charge on any atom is -0.495 e. The van der Waals surface area contributed by atoms with Gasteiger partial charge in [0.25, 0.3) is 5.91 Å². The molecule has 0 aliphatic rings. The van der Waals surface area contributed by atoms with Crippen LogP contribution in [0.25, 0.3) is 10.8 Å². The van der Waals surface area contributed by atoms with Crippen molar-refractivity contribution in [3.05, 3.63) is 64.6 Å². The van der Waals surface area contributed by atoms with Crippen molar-refractivity contribution in [3.8, 4) is 5.75 Å². The molecule has 3 aromatic carbocycles. The molecule has 150 valence electrons. The second-order valence-corrected chi connectivity index (χ2v) is 7.47. The molecule has 2 amide bonds. The number of halogens is 1. The van der Waals surface area contributed by atoms with E-state index in [1.165, 1.54) is 7.11 Å². The number of anilines is 2. The molecule has 2 N–H and O–H groups in total. The highest BCUT2D eigenvalue weighted by atomic mass is 79.9. The molecule has 3 rings (SSSR count). The van der Waals surface area contributed by atoms with E-state index in [0.717, 1.165) is 28.1 Å². The van der Waals surface area contributed by atoms with Crippen molar-refractivity contribution < 1.29 is 14.3 Å². The summed E-state index contributed by atoms with van der Waals surface area (Å²) in [5, 5.41) is 7.66. The molecule has 6 heteroatoms. The first-order chi connectivity index (χ1) is 14.0. The number of amides is 2. The molecule has 3 aromatic rings. The maximum absolute atomic E-state index is 13.0. The lowest BCUT2D eigenvalue weighted by atomic mass is 10.0. The van der Waals surface area contributed by atoms with E-state index in [1.54, 1.807) is 24.3 Å². The summed E-state index contributed by atoms with van der Waals surface area (Å²) in [4.78, 5) is 24.9. The van der Waals surface area contributed by atoms with E-state index in [0.29, 0.717) is 29.1 Å². The number of unbranched alkanes of at least 4 members (excludes halogenated alkanes) is 1. The summed E-state index contributed by atoms with van der Waals surface area (Å²) in [7, 11) is 1.54. The Morgan fingerprint density at radius 3 is 2.45 bits per heavy atom. The van der Waals surface area contributed by atoms with Gasteiger partial charge in [0.15, 0.2) is 0 Å². The van der Waals surface area contributed by atoms with Crippen LogP contribution >= 0.6 is 15.9 Å². The summed E-state index contributed by atoms with van der Waals surface area (Å²) >= 11 is 3.55. The van der Waals surface area contributed by atoms with Crippen LogP contribution in [-0.2, 0) is 4.79 Å². The fourth-order valence-electron chi connectivity index (χ4n) is 3.09. The van der Waals surface area contributed by atoms with E-state index < -0.39 is 0 Å². The molecule has 0 saturated heterocycles. The Morgan fingerprint density at radius 1 is 1.00 bits per heavy atom. The molecule has 0 fully saturated rings. The van der Waals surface area contributed by atoms with Crippen molar-refractivity contribution in [2.24, 2.45) is 0 Å². The van der Waals surface area contributed by atoms with Crippen molar-refractivity contribution in [2.75, 3.05) is 17.7 Å². The lowest BCUT2D eigenvalue weighted by molar-refractivity contribution is -0.116. The van der Waals surface area contributed by atoms with Gasteiger partial charge in [0.05, 0.1) is 17.1 Å². The van der Waals surface area contributed by atoms with Crippen LogP contribution in [0.5, 0.6) is 5.75 Å². The highest BCUT2D eigenvalue weighted by Gasteiger charge is 2.18. The Bertz CT molecular complexity index is 1050. The standard InChI is InChI=1S/C23H23BrN2O3/c1-3-4-12-20(27)25-16-9-7-10-17(14-16)26-23(28)19-13-15-8-5-6-11-18(15)21(24)22(19)29-2/h5-11,13-14H,3-4,12H2,1-2H3,(H,25,27)(H,26,28). The molecule has 0 aromatic heterocycles. The van der Waals surface area contributed by atoms with Gasteiger partial charge in [-0.15, -0.1) is 0 Å². The number of methoxy groups -OCH3 is 1. The first-order valence-electron chi connectivity index (χ1n) is 9.50. The quantitative estimate of drug-likeness (QED) is 0.460. The zero-order valence-electron chi connectivity index (χ0n) is 16.4. The van der Waals surface area contributed by atoms with Crippen molar-refractivity contribution in [1.29, 1.82) is 0 Å². The predicted molar refractivity (Wildman–Crippen MR) is 121 cm³/mol. The van der Waals surface area contributed by atoms with Crippen LogP contribution < -0.4 is 15.4 Å². The van der Waals surface area contributed by atoms with Crippen LogP contribution in [0.15, 0.2) is 59.1 Å². The minimum absolute atomic E-state index is 0.0320. The number of hydrogen-bond acceptors (Lipinski definition) is 3. The Balaban J connectivity index is 1.84. The summed E-state index contributed by atoms with van der Waals surface area (Å²) in [5.74, 6) is 0.156. The number of nitrogens with one attached hydrogen (secondary N) is 2. The molecule has 0 spiro atoms. The van der Waals surface area contributed by atoms with Gasteiger partial charge >= 0.3 is 0 Å². The van der Waals surface area contributed by atoms with E-state index in [4.69, 9.17) is 4.74 Å². The van der Waals surface area contributed by atoms with Crippen LogP contribution in [0.2, 0.25) is 0 Å². The number of fused-ring (bicyclic) bond motifs is 1. The monoisotopic (exact) mass is 454 g/mol. The number of ether oxygens (including phenoxy) is 1. The fourth-order valence-corrected chi connectivity index (χ4v) is 3.82. The first-order valence-corrected chi connectivity index (χ1v) is 10.3. The molecule has 5 nitrogen and oxygen atoms in total. The van der Waals surface area contributed by atoms with Gasteiger partial charge in [0.1, 0.15) is 5.75 Å². The molecule has 0 bridgehead atoms. The number of benzene rings is 3. The number of rotatable bonds is 7. The lowest BCUT2D eigenvalue weighted by Gasteiger charge is -2.14. The summed E-state index contributed by atoms with van der Waals surface area (Å²) in [5.41, 5.74) is 1.67. The molecule has 0 unspecified atom stereocenters. The van der Waals surface area contributed by atoms with Crippen LogP contribution in [-0.4, -0.2) is 18.9 Å². The second-order valence-electron chi connectivity index (χ2n) is 6.68. The van der Waals surface area contributed by atoms with Gasteiger partial charge in [-0.2, -0.15) is 0 Å². The van der Waals surface area contributed by atoms with Crippen LogP contribution in [0, 0.1) is 0 Å². The maximum Gasteiger partial charge on any atom is 0.259 e. The fraction of sp³-hybridized carbons (Fsp3) is 0.217. The van der Waals surface area contributed by atoms with Crippen molar-refractivity contribution in [1.82, 2.24) is 0 Å². The lowest BCUT2D eigenvalue weighted by Crippen LogP contribution is -2.14. The molecular weight excluding hydrogens is 432 g/mol. The van der Waals surface area contributed by atoms with Gasteiger partial charge in [-0.25, -0.2) is 0 Å². The van der Waals surface area contributed by atoms with E-state index >= 15 is 0 Å². The van der Waals surface area contributed by atoms with Gasteiger partial charge in [-0.3, -0.25) is 9.59 Å². The van der Waals surface area contributed by atoms with Gasteiger partial charge in [-0.1, -0.05) is 43.7 Å². The van der Waals surface area contributed by atoms with Crippen LogP contribution in [0.1, 0.15) is 36.5 Å². The van der Waals surface area contributed by atoms with Crippen molar-refractivity contribution in [2.45, 2.75) is 26.2 Å². The Kier molecular flexibility index (Phi) is 6.88. The Labute approximate surface area is 178 Å². The van der Waals surface area contributed by atoms with Crippen molar-refractivity contribution >= 4 is 49.9 Å². The first kappa shape index (κ1) is 20.9. The topological polar surface area (TPSA) is 67.4 Å².